The molecule has 1 amide bonds. The van der Waals surface area contributed by atoms with Crippen molar-refractivity contribution in [3.63, 3.8) is 0 Å². The first-order valence-electron chi connectivity index (χ1n) is 6.73. The molecule has 1 heterocycles. The summed E-state index contributed by atoms with van der Waals surface area (Å²) in [4.78, 5) is 13.0. The first-order valence-corrected chi connectivity index (χ1v) is 6.73. The minimum atomic E-state index is -4.59. The van der Waals surface area contributed by atoms with Gasteiger partial charge in [-0.3, -0.25) is 4.79 Å². The van der Waals surface area contributed by atoms with Crippen LogP contribution in [-0.4, -0.2) is 32.6 Å². The Morgan fingerprint density at radius 1 is 1.48 bits per heavy atom. The highest BCUT2D eigenvalue weighted by Crippen LogP contribution is 2.35. The Kier molecular flexibility index (Phi) is 4.41. The Labute approximate surface area is 121 Å². The van der Waals surface area contributed by atoms with Crippen LogP contribution in [0.4, 0.5) is 18.9 Å². The summed E-state index contributed by atoms with van der Waals surface area (Å²) in [5, 5.41) is 3.07. The fraction of sp³-hybridized carbons (Fsp3) is 0.500. The van der Waals surface area contributed by atoms with Crippen molar-refractivity contribution in [1.82, 2.24) is 5.32 Å². The molecular weight excluding hydrogens is 283 g/mol. The summed E-state index contributed by atoms with van der Waals surface area (Å²) in [5.74, 6) is -0.650. The van der Waals surface area contributed by atoms with E-state index in [1.807, 2.05) is 11.9 Å². The predicted octanol–water partition coefficient (Wildman–Crippen LogP) is 1.85. The third-order valence-corrected chi connectivity index (χ3v) is 3.72. The molecule has 0 aromatic heterocycles. The lowest BCUT2D eigenvalue weighted by molar-refractivity contribution is -0.137. The number of anilines is 1. The van der Waals surface area contributed by atoms with Gasteiger partial charge in [-0.1, -0.05) is 0 Å². The Morgan fingerprint density at radius 3 is 2.76 bits per heavy atom. The average molecular weight is 301 g/mol. The smallest absolute Gasteiger partial charge is 0.371 e. The molecule has 2 rings (SSSR count). The van der Waals surface area contributed by atoms with Crippen LogP contribution in [0.15, 0.2) is 18.2 Å². The number of alkyl halides is 3. The molecule has 1 aromatic rings. The van der Waals surface area contributed by atoms with Crippen molar-refractivity contribution < 1.29 is 18.0 Å². The van der Waals surface area contributed by atoms with Gasteiger partial charge in [0.2, 0.25) is 5.91 Å². The second-order valence-electron chi connectivity index (χ2n) is 5.25. The van der Waals surface area contributed by atoms with Crippen molar-refractivity contribution in [2.75, 3.05) is 31.6 Å². The minimum Gasteiger partial charge on any atom is -0.371 e. The number of halogens is 3. The quantitative estimate of drug-likeness (QED) is 0.892. The van der Waals surface area contributed by atoms with E-state index in [4.69, 9.17) is 5.73 Å². The normalized spacial score (nSPS) is 19.0. The largest absolute Gasteiger partial charge is 0.417 e. The van der Waals surface area contributed by atoms with E-state index in [1.165, 1.54) is 6.07 Å². The summed E-state index contributed by atoms with van der Waals surface area (Å²) < 4.78 is 39.1. The van der Waals surface area contributed by atoms with Crippen molar-refractivity contribution in [3.05, 3.63) is 29.3 Å². The number of carbonyl (C=O) groups excluding carboxylic acids is 1. The lowest BCUT2D eigenvalue weighted by atomic mass is 10.0. The van der Waals surface area contributed by atoms with Gasteiger partial charge < -0.3 is 16.0 Å². The molecule has 1 atom stereocenters. The maximum Gasteiger partial charge on any atom is 0.417 e. The van der Waals surface area contributed by atoms with Crippen molar-refractivity contribution in [3.8, 4) is 0 Å². The Morgan fingerprint density at radius 2 is 2.19 bits per heavy atom. The van der Waals surface area contributed by atoms with Crippen LogP contribution in [0.5, 0.6) is 0 Å². The standard InChI is InChI=1S/C14H18F3N3O/c1-19-7-9-4-5-20(8-9)10-2-3-11(13(18)21)12(6-10)14(15,16)17/h2-3,6,9,19H,4-5,7-8H2,1H3,(H2,18,21). The number of nitrogens with two attached hydrogens (primary N) is 1. The van der Waals surface area contributed by atoms with Gasteiger partial charge in [-0.05, 0) is 44.1 Å². The highest BCUT2D eigenvalue weighted by Gasteiger charge is 2.36. The van der Waals surface area contributed by atoms with Gasteiger partial charge in [-0.25, -0.2) is 0 Å². The molecule has 1 fully saturated rings. The van der Waals surface area contributed by atoms with Crippen molar-refractivity contribution in [2.45, 2.75) is 12.6 Å². The Hall–Kier alpha value is -1.76. The number of primary amides is 1. The van der Waals surface area contributed by atoms with Gasteiger partial charge >= 0.3 is 6.18 Å². The van der Waals surface area contributed by atoms with Gasteiger partial charge in [0, 0.05) is 18.8 Å². The van der Waals surface area contributed by atoms with Crippen molar-refractivity contribution in [1.29, 1.82) is 0 Å². The Balaban J connectivity index is 2.29. The van der Waals surface area contributed by atoms with Crippen LogP contribution in [0.3, 0.4) is 0 Å². The van der Waals surface area contributed by atoms with Crippen LogP contribution in [0.1, 0.15) is 22.3 Å². The first-order chi connectivity index (χ1) is 9.82. The molecule has 0 radical (unpaired) electrons. The molecule has 3 N–H and O–H groups in total. The summed E-state index contributed by atoms with van der Waals surface area (Å²) in [6.45, 7) is 2.25. The molecule has 0 aliphatic carbocycles. The molecule has 1 aliphatic rings. The molecule has 0 bridgehead atoms. The van der Waals surface area contributed by atoms with Crippen LogP contribution in [0.2, 0.25) is 0 Å². The Bertz CT molecular complexity index is 531. The van der Waals surface area contributed by atoms with Crippen molar-refractivity contribution >= 4 is 11.6 Å². The molecule has 0 spiro atoms. The second-order valence-corrected chi connectivity index (χ2v) is 5.25. The van der Waals surface area contributed by atoms with Gasteiger partial charge in [0.25, 0.3) is 0 Å². The summed E-state index contributed by atoms with van der Waals surface area (Å²) in [5.41, 5.74) is 4.04. The molecule has 1 saturated heterocycles. The van der Waals surface area contributed by atoms with E-state index in [0.29, 0.717) is 24.7 Å². The summed E-state index contributed by atoms with van der Waals surface area (Å²) in [7, 11) is 1.85. The van der Waals surface area contributed by atoms with E-state index in [-0.39, 0.29) is 0 Å². The number of amides is 1. The summed E-state index contributed by atoms with van der Waals surface area (Å²) in [6.07, 6.45) is -3.66. The molecule has 1 unspecified atom stereocenters. The van der Waals surface area contributed by atoms with Gasteiger partial charge in [0.1, 0.15) is 0 Å². The van der Waals surface area contributed by atoms with Crippen LogP contribution in [0, 0.1) is 5.92 Å². The molecule has 0 saturated carbocycles. The van der Waals surface area contributed by atoms with Crippen LogP contribution < -0.4 is 16.0 Å². The first kappa shape index (κ1) is 15.6. The number of hydrogen-bond donors (Lipinski definition) is 2. The lowest BCUT2D eigenvalue weighted by Crippen LogP contribution is -2.25. The number of nitrogens with one attached hydrogen (secondary N) is 1. The highest BCUT2D eigenvalue weighted by atomic mass is 19.4. The SMILES string of the molecule is CNCC1CCN(c2ccc(C(N)=O)c(C(F)(F)F)c2)C1. The highest BCUT2D eigenvalue weighted by molar-refractivity contribution is 5.95. The van der Waals surface area contributed by atoms with E-state index >= 15 is 0 Å². The fourth-order valence-electron chi connectivity index (χ4n) is 2.70. The molecule has 7 heteroatoms. The summed E-state index contributed by atoms with van der Waals surface area (Å²) in [6, 6.07) is 3.70. The van der Waals surface area contributed by atoms with E-state index in [2.05, 4.69) is 5.32 Å². The molecular formula is C14H18F3N3O. The number of nitrogens with zero attached hydrogens (tertiary/aromatic N) is 1. The maximum absolute atomic E-state index is 13.0. The van der Waals surface area contributed by atoms with E-state index in [0.717, 1.165) is 25.1 Å². The molecule has 21 heavy (non-hydrogen) atoms. The summed E-state index contributed by atoms with van der Waals surface area (Å²) >= 11 is 0. The maximum atomic E-state index is 13.0. The molecule has 4 nitrogen and oxygen atoms in total. The van der Waals surface area contributed by atoms with E-state index < -0.39 is 23.2 Å². The van der Waals surface area contributed by atoms with Gasteiger partial charge in [0.15, 0.2) is 0 Å². The van der Waals surface area contributed by atoms with Crippen molar-refractivity contribution in [2.24, 2.45) is 11.7 Å². The third-order valence-electron chi connectivity index (χ3n) is 3.72. The monoisotopic (exact) mass is 301 g/mol. The average Bonchev–Trinajstić information content (AvgIpc) is 2.86. The lowest BCUT2D eigenvalue weighted by Gasteiger charge is -2.21. The zero-order valence-corrected chi connectivity index (χ0v) is 11.7. The van der Waals surface area contributed by atoms with E-state index in [9.17, 15) is 18.0 Å². The molecule has 116 valence electrons. The zero-order valence-electron chi connectivity index (χ0n) is 11.7. The molecule has 1 aromatic carbocycles. The number of benzene rings is 1. The predicted molar refractivity (Wildman–Crippen MR) is 74.2 cm³/mol. The third kappa shape index (κ3) is 3.47. The van der Waals surface area contributed by atoms with Crippen LogP contribution in [0.25, 0.3) is 0 Å². The topological polar surface area (TPSA) is 58.4 Å². The number of hydrogen-bond acceptors (Lipinski definition) is 3. The van der Waals surface area contributed by atoms with Gasteiger partial charge in [-0.15, -0.1) is 0 Å². The number of rotatable bonds is 4. The fourth-order valence-corrected chi connectivity index (χ4v) is 2.70. The van der Waals surface area contributed by atoms with Gasteiger partial charge in [0.05, 0.1) is 11.1 Å². The minimum absolute atomic E-state index is 0.417. The van der Waals surface area contributed by atoms with Gasteiger partial charge in [-0.2, -0.15) is 13.2 Å². The van der Waals surface area contributed by atoms with E-state index in [1.54, 1.807) is 0 Å². The van der Waals surface area contributed by atoms with Crippen LogP contribution in [-0.2, 0) is 6.18 Å². The zero-order chi connectivity index (χ0) is 15.6. The second kappa shape index (κ2) is 5.93. The number of carbonyl (C=O) groups is 1. The van der Waals surface area contributed by atoms with Crippen LogP contribution >= 0.6 is 0 Å². The molecule has 1 aliphatic heterocycles.